The second kappa shape index (κ2) is 8.10. The average Bonchev–Trinajstić information content (AvgIpc) is 3.46. The van der Waals surface area contributed by atoms with Gasteiger partial charge in [0.1, 0.15) is 0 Å². The number of aryl methyl sites for hydroxylation is 2. The molecule has 3 aliphatic rings. The predicted molar refractivity (Wildman–Crippen MR) is 132 cm³/mol. The van der Waals surface area contributed by atoms with Crippen LogP contribution >= 0.6 is 0 Å². The van der Waals surface area contributed by atoms with Crippen LogP contribution in [0.2, 0.25) is 0 Å². The number of anilines is 1. The molecule has 5 rings (SSSR count). The van der Waals surface area contributed by atoms with Gasteiger partial charge in [-0.05, 0) is 106 Å². The average molecular weight is 482 g/mol. The molecule has 2 aliphatic carbocycles. The zero-order valence-electron chi connectivity index (χ0n) is 20.2. The van der Waals surface area contributed by atoms with Crippen LogP contribution in [0, 0.1) is 0 Å². The highest BCUT2D eigenvalue weighted by atomic mass is 32.2. The van der Waals surface area contributed by atoms with Gasteiger partial charge in [0.2, 0.25) is 0 Å². The zero-order chi connectivity index (χ0) is 24.3. The number of benzene rings is 2. The monoisotopic (exact) mass is 482 g/mol. The quantitative estimate of drug-likeness (QED) is 0.651. The molecule has 9 heteroatoms. The molecular formula is C25H31BN2O5S. The van der Waals surface area contributed by atoms with Crippen LogP contribution in [0.15, 0.2) is 35.2 Å². The smallest absolute Gasteiger partial charge is 0.399 e. The van der Waals surface area contributed by atoms with Gasteiger partial charge in [-0.25, -0.2) is 17.9 Å². The topological polar surface area (TPSA) is 93.7 Å². The third-order valence-corrected chi connectivity index (χ3v) is 8.96. The van der Waals surface area contributed by atoms with Crippen LogP contribution in [0.3, 0.4) is 0 Å². The molecule has 2 aromatic rings. The number of fused-ring (bicyclic) bond motifs is 2. The molecule has 0 atom stereocenters. The van der Waals surface area contributed by atoms with Crippen molar-refractivity contribution in [2.45, 2.75) is 82.3 Å². The number of amides is 2. The van der Waals surface area contributed by atoms with Gasteiger partial charge in [-0.1, -0.05) is 18.2 Å². The Morgan fingerprint density at radius 3 is 2.09 bits per heavy atom. The molecular weight excluding hydrogens is 451 g/mol. The van der Waals surface area contributed by atoms with Crippen molar-refractivity contribution in [1.82, 2.24) is 4.72 Å². The van der Waals surface area contributed by atoms with Crippen LogP contribution in [-0.2, 0) is 45.0 Å². The Balaban J connectivity index is 1.36. The summed E-state index contributed by atoms with van der Waals surface area (Å²) in [5, 5.41) is 2.88. The summed E-state index contributed by atoms with van der Waals surface area (Å²) in [5.74, 6) is 0. The highest BCUT2D eigenvalue weighted by Crippen LogP contribution is 2.39. The molecule has 1 aliphatic heterocycles. The lowest BCUT2D eigenvalue weighted by Crippen LogP contribution is -2.41. The number of urea groups is 1. The molecule has 7 nitrogen and oxygen atoms in total. The molecule has 2 amide bonds. The highest BCUT2D eigenvalue weighted by molar-refractivity contribution is 7.90. The SMILES string of the molecule is CC1(C)OB(c2cccc(S(=O)(=O)NC(=O)Nc3c4c(cc5c3CCC5)CCC4)c2)OC1(C)C. The maximum absolute atomic E-state index is 13.1. The predicted octanol–water partition coefficient (Wildman–Crippen LogP) is 3.47. The fraction of sp³-hybridized carbons (Fsp3) is 0.480. The maximum Gasteiger partial charge on any atom is 0.494 e. The Hall–Kier alpha value is -2.36. The normalized spacial score (nSPS) is 20.2. The minimum absolute atomic E-state index is 0.0154. The van der Waals surface area contributed by atoms with Crippen molar-refractivity contribution in [3.63, 3.8) is 0 Å². The van der Waals surface area contributed by atoms with E-state index in [2.05, 4.69) is 16.1 Å². The summed E-state index contributed by atoms with van der Waals surface area (Å²) < 4.78 is 40.4. The molecule has 180 valence electrons. The largest absolute Gasteiger partial charge is 0.494 e. The molecule has 0 radical (unpaired) electrons. The summed E-state index contributed by atoms with van der Waals surface area (Å²) in [6.07, 6.45) is 5.92. The minimum Gasteiger partial charge on any atom is -0.399 e. The summed E-state index contributed by atoms with van der Waals surface area (Å²) in [6.45, 7) is 7.76. The Morgan fingerprint density at radius 1 is 0.912 bits per heavy atom. The van der Waals surface area contributed by atoms with E-state index in [4.69, 9.17) is 9.31 Å². The summed E-state index contributed by atoms with van der Waals surface area (Å²) in [7, 11) is -4.78. The third kappa shape index (κ3) is 4.03. The number of hydrogen-bond donors (Lipinski definition) is 2. The van der Waals surface area contributed by atoms with E-state index in [1.165, 1.54) is 23.3 Å². The van der Waals surface area contributed by atoms with Crippen molar-refractivity contribution in [1.29, 1.82) is 0 Å². The first kappa shape index (κ1) is 23.4. The van der Waals surface area contributed by atoms with Gasteiger partial charge in [0.05, 0.1) is 16.1 Å². The second-order valence-corrected chi connectivity index (χ2v) is 12.1. The standard InChI is InChI=1S/C25H31BN2O5S/c1-24(2)25(3,4)33-26(32-24)18-10-7-11-19(15-18)34(30,31)28-23(29)27-22-20-12-5-8-16(20)14-17-9-6-13-21(17)22/h7,10-11,14-15H,5-6,8-9,12-13H2,1-4H3,(H2,27,28,29). The maximum atomic E-state index is 13.1. The molecule has 1 saturated heterocycles. The number of carbonyl (C=O) groups excluding carboxylic acids is 1. The van der Waals surface area contributed by atoms with Crippen LogP contribution in [0.5, 0.6) is 0 Å². The molecule has 0 bridgehead atoms. The van der Waals surface area contributed by atoms with E-state index in [-0.39, 0.29) is 4.90 Å². The molecule has 0 unspecified atom stereocenters. The van der Waals surface area contributed by atoms with Crippen LogP contribution in [0.1, 0.15) is 62.8 Å². The summed E-state index contributed by atoms with van der Waals surface area (Å²) >= 11 is 0. The summed E-state index contributed by atoms with van der Waals surface area (Å²) in [6, 6.07) is 7.88. The van der Waals surface area contributed by atoms with Crippen molar-refractivity contribution in [3.05, 3.63) is 52.6 Å². The van der Waals surface area contributed by atoms with E-state index in [0.717, 1.165) is 55.3 Å². The van der Waals surface area contributed by atoms with E-state index < -0.39 is 34.4 Å². The van der Waals surface area contributed by atoms with E-state index in [0.29, 0.717) is 5.46 Å². The number of carbonyl (C=O) groups is 1. The fourth-order valence-corrected chi connectivity index (χ4v) is 6.06. The van der Waals surface area contributed by atoms with Crippen LogP contribution in [0.4, 0.5) is 10.5 Å². The van der Waals surface area contributed by atoms with Crippen molar-refractivity contribution >= 4 is 34.3 Å². The van der Waals surface area contributed by atoms with E-state index in [1.54, 1.807) is 12.1 Å². The molecule has 0 spiro atoms. The van der Waals surface area contributed by atoms with Crippen molar-refractivity contribution in [2.75, 3.05) is 5.32 Å². The Labute approximate surface area is 201 Å². The van der Waals surface area contributed by atoms with Gasteiger partial charge in [-0.2, -0.15) is 0 Å². The van der Waals surface area contributed by atoms with Gasteiger partial charge in [0.15, 0.2) is 0 Å². The van der Waals surface area contributed by atoms with Crippen molar-refractivity contribution in [2.24, 2.45) is 0 Å². The van der Waals surface area contributed by atoms with Gasteiger partial charge in [0.25, 0.3) is 10.0 Å². The number of rotatable bonds is 4. The molecule has 0 aromatic heterocycles. The minimum atomic E-state index is -4.09. The lowest BCUT2D eigenvalue weighted by atomic mass is 9.79. The van der Waals surface area contributed by atoms with Gasteiger partial charge in [-0.15, -0.1) is 0 Å². The van der Waals surface area contributed by atoms with Gasteiger partial charge in [0, 0.05) is 5.69 Å². The summed E-state index contributed by atoms with van der Waals surface area (Å²) in [4.78, 5) is 12.8. The number of hydrogen-bond acceptors (Lipinski definition) is 5. The Morgan fingerprint density at radius 2 is 1.50 bits per heavy atom. The van der Waals surface area contributed by atoms with E-state index >= 15 is 0 Å². The Bertz CT molecular complexity index is 1220. The van der Waals surface area contributed by atoms with Crippen molar-refractivity contribution in [3.8, 4) is 0 Å². The third-order valence-electron chi connectivity index (χ3n) is 7.63. The van der Waals surface area contributed by atoms with Crippen molar-refractivity contribution < 1.29 is 22.5 Å². The van der Waals surface area contributed by atoms with Crippen LogP contribution in [-0.4, -0.2) is 32.8 Å². The van der Waals surface area contributed by atoms with Gasteiger partial charge in [-0.3, -0.25) is 0 Å². The molecule has 1 heterocycles. The molecule has 34 heavy (non-hydrogen) atoms. The molecule has 0 saturated carbocycles. The number of nitrogens with one attached hydrogen (secondary N) is 2. The van der Waals surface area contributed by atoms with Gasteiger partial charge >= 0.3 is 13.1 Å². The first-order chi connectivity index (χ1) is 16.0. The van der Waals surface area contributed by atoms with E-state index in [1.807, 2.05) is 27.7 Å². The lowest BCUT2D eigenvalue weighted by Gasteiger charge is -2.32. The lowest BCUT2D eigenvalue weighted by molar-refractivity contribution is 0.00578. The molecule has 1 fully saturated rings. The first-order valence-corrected chi connectivity index (χ1v) is 13.4. The van der Waals surface area contributed by atoms with Crippen LogP contribution < -0.4 is 15.5 Å². The number of sulfonamides is 1. The highest BCUT2D eigenvalue weighted by Gasteiger charge is 2.51. The Kier molecular flexibility index (Phi) is 5.58. The molecule has 2 N–H and O–H groups in total. The van der Waals surface area contributed by atoms with Gasteiger partial charge < -0.3 is 14.6 Å². The van der Waals surface area contributed by atoms with Crippen LogP contribution in [0.25, 0.3) is 0 Å². The molecule has 2 aromatic carbocycles. The summed E-state index contributed by atoms with van der Waals surface area (Å²) in [5.41, 5.74) is 5.15. The van der Waals surface area contributed by atoms with E-state index in [9.17, 15) is 13.2 Å². The first-order valence-electron chi connectivity index (χ1n) is 11.9. The fourth-order valence-electron chi connectivity index (χ4n) is 5.09. The zero-order valence-corrected chi connectivity index (χ0v) is 21.0. The second-order valence-electron chi connectivity index (χ2n) is 10.5.